The predicted molar refractivity (Wildman–Crippen MR) is 127 cm³/mol. The van der Waals surface area contributed by atoms with Crippen LogP contribution in [0.4, 0.5) is 0 Å². The Kier molecular flexibility index (Phi) is 6.91. The molecule has 3 aromatic carbocycles. The van der Waals surface area contributed by atoms with Gasteiger partial charge in [-0.05, 0) is 36.2 Å². The molecule has 0 fully saturated rings. The largest absolute Gasteiger partial charge is 0.490 e. The summed E-state index contributed by atoms with van der Waals surface area (Å²) in [4.78, 5) is 16.0. The highest BCUT2D eigenvalue weighted by Crippen LogP contribution is 2.31. The normalized spacial score (nSPS) is 11.5. The van der Waals surface area contributed by atoms with Crippen LogP contribution in [0.2, 0.25) is 0 Å². The number of rotatable bonds is 9. The van der Waals surface area contributed by atoms with Crippen LogP contribution in [0.25, 0.3) is 10.9 Å². The molecule has 0 aliphatic carbocycles. The van der Waals surface area contributed by atoms with Crippen molar-refractivity contribution in [2.24, 2.45) is 0 Å². The van der Waals surface area contributed by atoms with Gasteiger partial charge >= 0.3 is 0 Å². The molecule has 0 spiro atoms. The summed E-state index contributed by atoms with van der Waals surface area (Å²) in [7, 11) is 0. The summed E-state index contributed by atoms with van der Waals surface area (Å²) < 4.78 is 11.2. The summed E-state index contributed by atoms with van der Waals surface area (Å²) in [6, 6.07) is 25.2. The Hall–Kier alpha value is -4.24. The number of nitrogens with one attached hydrogen (secondary N) is 2. The van der Waals surface area contributed by atoms with Gasteiger partial charge in [0.2, 0.25) is 0 Å². The molecular formula is C27H25N3O3. The molecule has 1 heterocycles. The maximum atomic E-state index is 12.6. The van der Waals surface area contributed by atoms with E-state index in [1.807, 2.05) is 49.5 Å². The quantitative estimate of drug-likeness (QED) is 0.393. The molecule has 0 radical (unpaired) electrons. The SMILES string of the molecule is CCOc1cc(C#N)ccc1OCC(=O)NCC(c1ccccc1)c1c[nH]c2ccccc12. The predicted octanol–water partition coefficient (Wildman–Crippen LogP) is 4.77. The van der Waals surface area contributed by atoms with E-state index in [9.17, 15) is 4.79 Å². The zero-order chi connectivity index (χ0) is 23.0. The molecule has 33 heavy (non-hydrogen) atoms. The van der Waals surface area contributed by atoms with Crippen LogP contribution in [0.1, 0.15) is 29.5 Å². The van der Waals surface area contributed by atoms with Crippen molar-refractivity contribution in [3.05, 3.63) is 95.7 Å². The van der Waals surface area contributed by atoms with E-state index in [2.05, 4.69) is 34.6 Å². The number of aromatic amines is 1. The summed E-state index contributed by atoms with van der Waals surface area (Å²) in [5.41, 5.74) is 3.78. The molecule has 0 aliphatic rings. The van der Waals surface area contributed by atoms with Crippen molar-refractivity contribution in [3.8, 4) is 17.6 Å². The molecule has 0 saturated heterocycles. The maximum absolute atomic E-state index is 12.6. The topological polar surface area (TPSA) is 87.1 Å². The van der Waals surface area contributed by atoms with Gasteiger partial charge in [-0.2, -0.15) is 5.26 Å². The number of aromatic nitrogens is 1. The van der Waals surface area contributed by atoms with Crippen molar-refractivity contribution in [1.29, 1.82) is 5.26 Å². The minimum atomic E-state index is -0.234. The number of hydrogen-bond acceptors (Lipinski definition) is 4. The number of ether oxygens (including phenoxy) is 2. The molecule has 0 saturated carbocycles. The number of nitriles is 1. The number of benzene rings is 3. The molecule has 1 unspecified atom stereocenters. The molecule has 1 atom stereocenters. The fraction of sp³-hybridized carbons (Fsp3) is 0.185. The summed E-state index contributed by atoms with van der Waals surface area (Å²) >= 11 is 0. The summed E-state index contributed by atoms with van der Waals surface area (Å²) in [5, 5.41) is 13.2. The van der Waals surface area contributed by atoms with E-state index in [4.69, 9.17) is 14.7 Å². The Bertz CT molecular complexity index is 1270. The first-order chi connectivity index (χ1) is 16.2. The van der Waals surface area contributed by atoms with Gasteiger partial charge in [-0.25, -0.2) is 0 Å². The number of hydrogen-bond donors (Lipinski definition) is 2. The van der Waals surface area contributed by atoms with Crippen molar-refractivity contribution >= 4 is 16.8 Å². The van der Waals surface area contributed by atoms with Crippen LogP contribution in [-0.4, -0.2) is 30.6 Å². The van der Waals surface area contributed by atoms with Crippen LogP contribution < -0.4 is 14.8 Å². The third kappa shape index (κ3) is 5.16. The van der Waals surface area contributed by atoms with Gasteiger partial charge in [0, 0.05) is 35.6 Å². The fourth-order valence-corrected chi connectivity index (χ4v) is 3.85. The third-order valence-corrected chi connectivity index (χ3v) is 5.43. The van der Waals surface area contributed by atoms with Crippen LogP contribution in [0.3, 0.4) is 0 Å². The maximum Gasteiger partial charge on any atom is 0.257 e. The molecule has 166 valence electrons. The number of para-hydroxylation sites is 1. The second-order valence-electron chi connectivity index (χ2n) is 7.55. The minimum absolute atomic E-state index is 0.0137. The zero-order valence-electron chi connectivity index (χ0n) is 18.4. The lowest BCUT2D eigenvalue weighted by Crippen LogP contribution is -2.32. The second-order valence-corrected chi connectivity index (χ2v) is 7.55. The fourth-order valence-electron chi connectivity index (χ4n) is 3.85. The molecule has 4 aromatic rings. The highest BCUT2D eigenvalue weighted by atomic mass is 16.5. The van der Waals surface area contributed by atoms with Crippen molar-refractivity contribution in [2.75, 3.05) is 19.8 Å². The number of nitrogens with zero attached hydrogens (tertiary/aromatic N) is 1. The molecule has 0 bridgehead atoms. The molecule has 2 N–H and O–H groups in total. The minimum Gasteiger partial charge on any atom is -0.490 e. The first-order valence-corrected chi connectivity index (χ1v) is 10.9. The van der Waals surface area contributed by atoms with Crippen molar-refractivity contribution < 1.29 is 14.3 Å². The van der Waals surface area contributed by atoms with Crippen LogP contribution >= 0.6 is 0 Å². The van der Waals surface area contributed by atoms with Gasteiger partial charge in [-0.15, -0.1) is 0 Å². The average molecular weight is 440 g/mol. The van der Waals surface area contributed by atoms with Gasteiger partial charge in [0.1, 0.15) is 0 Å². The first kappa shape index (κ1) is 22.0. The van der Waals surface area contributed by atoms with Crippen LogP contribution in [0.5, 0.6) is 11.5 Å². The van der Waals surface area contributed by atoms with E-state index in [1.165, 1.54) is 0 Å². The number of carbonyl (C=O) groups excluding carboxylic acids is 1. The lowest BCUT2D eigenvalue weighted by atomic mass is 9.91. The van der Waals surface area contributed by atoms with E-state index in [0.29, 0.717) is 30.2 Å². The van der Waals surface area contributed by atoms with Gasteiger partial charge in [0.15, 0.2) is 18.1 Å². The summed E-state index contributed by atoms with van der Waals surface area (Å²) in [6.45, 7) is 2.56. The Morgan fingerprint density at radius 3 is 2.61 bits per heavy atom. The highest BCUT2D eigenvalue weighted by molar-refractivity contribution is 5.84. The van der Waals surface area contributed by atoms with Crippen LogP contribution in [0, 0.1) is 11.3 Å². The van der Waals surface area contributed by atoms with E-state index >= 15 is 0 Å². The Balaban J connectivity index is 1.47. The average Bonchev–Trinajstić information content (AvgIpc) is 3.28. The van der Waals surface area contributed by atoms with Gasteiger partial charge in [-0.1, -0.05) is 48.5 Å². The third-order valence-electron chi connectivity index (χ3n) is 5.43. The van der Waals surface area contributed by atoms with Crippen molar-refractivity contribution in [3.63, 3.8) is 0 Å². The molecule has 1 amide bonds. The zero-order valence-corrected chi connectivity index (χ0v) is 18.4. The lowest BCUT2D eigenvalue weighted by Gasteiger charge is -2.18. The summed E-state index contributed by atoms with van der Waals surface area (Å²) in [6.07, 6.45) is 2.01. The van der Waals surface area contributed by atoms with Gasteiger partial charge < -0.3 is 19.8 Å². The molecule has 1 aromatic heterocycles. The van der Waals surface area contributed by atoms with E-state index in [1.54, 1.807) is 18.2 Å². The van der Waals surface area contributed by atoms with Crippen molar-refractivity contribution in [1.82, 2.24) is 10.3 Å². The Labute approximate surface area is 192 Å². The number of amides is 1. The molecule has 4 rings (SSSR count). The van der Waals surface area contributed by atoms with Crippen molar-refractivity contribution in [2.45, 2.75) is 12.8 Å². The number of carbonyl (C=O) groups is 1. The molecule has 6 heteroatoms. The summed E-state index contributed by atoms with van der Waals surface area (Å²) in [5.74, 6) is 0.635. The molecular weight excluding hydrogens is 414 g/mol. The molecule has 6 nitrogen and oxygen atoms in total. The Morgan fingerprint density at radius 1 is 1.03 bits per heavy atom. The van der Waals surface area contributed by atoms with E-state index in [-0.39, 0.29) is 18.4 Å². The number of fused-ring (bicyclic) bond motifs is 1. The second kappa shape index (κ2) is 10.4. The first-order valence-electron chi connectivity index (χ1n) is 10.9. The van der Waals surface area contributed by atoms with Crippen LogP contribution in [0.15, 0.2) is 79.0 Å². The van der Waals surface area contributed by atoms with Gasteiger partial charge in [0.05, 0.1) is 18.2 Å². The lowest BCUT2D eigenvalue weighted by molar-refractivity contribution is -0.123. The number of H-pyrrole nitrogens is 1. The van der Waals surface area contributed by atoms with E-state index in [0.717, 1.165) is 22.0 Å². The smallest absolute Gasteiger partial charge is 0.257 e. The van der Waals surface area contributed by atoms with Gasteiger partial charge in [-0.3, -0.25) is 4.79 Å². The highest BCUT2D eigenvalue weighted by Gasteiger charge is 2.19. The van der Waals surface area contributed by atoms with Crippen LogP contribution in [-0.2, 0) is 4.79 Å². The molecule has 0 aliphatic heterocycles. The standard InChI is InChI=1S/C27H25N3O3/c1-2-32-26-14-19(15-28)12-13-25(26)33-18-27(31)30-16-22(20-8-4-3-5-9-20)23-17-29-24-11-7-6-10-21(23)24/h3-14,17,22,29H,2,16,18H2,1H3,(H,30,31). The Morgan fingerprint density at radius 2 is 1.82 bits per heavy atom. The van der Waals surface area contributed by atoms with E-state index < -0.39 is 0 Å². The van der Waals surface area contributed by atoms with Gasteiger partial charge in [0.25, 0.3) is 5.91 Å². The monoisotopic (exact) mass is 439 g/mol.